The Morgan fingerprint density at radius 3 is 2.75 bits per heavy atom. The first-order valence-electron chi connectivity index (χ1n) is 5.00. The van der Waals surface area contributed by atoms with Gasteiger partial charge in [-0.2, -0.15) is 0 Å². The van der Waals surface area contributed by atoms with Crippen LogP contribution in [0.4, 0.5) is 8.78 Å². The van der Waals surface area contributed by atoms with Crippen LogP contribution in [0.25, 0.3) is 0 Å². The van der Waals surface area contributed by atoms with Crippen LogP contribution < -0.4 is 5.32 Å². The summed E-state index contributed by atoms with van der Waals surface area (Å²) < 4.78 is 27.0. The van der Waals surface area contributed by atoms with E-state index in [1.54, 1.807) is 0 Å². The van der Waals surface area contributed by atoms with E-state index in [9.17, 15) is 8.78 Å². The maximum Gasteiger partial charge on any atom is 0.144 e. The monoisotopic (exact) mass is 293 g/mol. The first kappa shape index (κ1) is 13.5. The second-order valence-corrected chi connectivity index (χ2v) is 4.59. The molecule has 1 atom stereocenters. The topological polar surface area (TPSA) is 32.3 Å². The largest absolute Gasteiger partial charge is 0.396 e. The van der Waals surface area contributed by atoms with Crippen molar-refractivity contribution in [3.8, 4) is 0 Å². The van der Waals surface area contributed by atoms with E-state index in [2.05, 4.69) is 21.2 Å². The van der Waals surface area contributed by atoms with Gasteiger partial charge in [-0.3, -0.25) is 0 Å². The number of aliphatic hydroxyl groups is 1. The molecule has 2 N–H and O–H groups in total. The summed E-state index contributed by atoms with van der Waals surface area (Å²) in [5, 5.41) is 11.7. The van der Waals surface area contributed by atoms with E-state index in [0.29, 0.717) is 6.54 Å². The number of benzene rings is 1. The quantitative estimate of drug-likeness (QED) is 0.818. The highest BCUT2D eigenvalue weighted by Gasteiger charge is 2.12. The minimum atomic E-state index is -0.579. The van der Waals surface area contributed by atoms with Crippen molar-refractivity contribution in [2.75, 3.05) is 13.2 Å². The minimum Gasteiger partial charge on any atom is -0.396 e. The fraction of sp³-hybridized carbons (Fsp3) is 0.455. The average molecular weight is 294 g/mol. The van der Waals surface area contributed by atoms with E-state index in [0.717, 1.165) is 0 Å². The molecule has 90 valence electrons. The van der Waals surface area contributed by atoms with Crippen molar-refractivity contribution in [1.29, 1.82) is 0 Å². The van der Waals surface area contributed by atoms with Gasteiger partial charge in [-0.15, -0.1) is 0 Å². The van der Waals surface area contributed by atoms with E-state index in [-0.39, 0.29) is 29.1 Å². The van der Waals surface area contributed by atoms with Gasteiger partial charge in [-0.05, 0) is 34.0 Å². The molecule has 0 spiro atoms. The molecular formula is C11H14BrF2NO. The van der Waals surface area contributed by atoms with Gasteiger partial charge in [0.15, 0.2) is 0 Å². The molecule has 0 bridgehead atoms. The molecule has 1 rings (SSSR count). The predicted octanol–water partition coefficient (Wildman–Crippen LogP) is 2.45. The minimum absolute atomic E-state index is 0.0134. The lowest BCUT2D eigenvalue weighted by Gasteiger charge is -2.11. The molecule has 2 nitrogen and oxygen atoms in total. The molecule has 1 aromatic rings. The van der Waals surface area contributed by atoms with Gasteiger partial charge in [-0.25, -0.2) is 8.78 Å². The van der Waals surface area contributed by atoms with Gasteiger partial charge < -0.3 is 10.4 Å². The van der Waals surface area contributed by atoms with E-state index < -0.39 is 11.6 Å². The molecule has 5 heteroatoms. The summed E-state index contributed by atoms with van der Waals surface area (Å²) in [7, 11) is 0. The summed E-state index contributed by atoms with van der Waals surface area (Å²) in [6.07, 6.45) is 0. The van der Waals surface area contributed by atoms with Crippen LogP contribution in [0, 0.1) is 17.6 Å². The van der Waals surface area contributed by atoms with E-state index in [4.69, 9.17) is 5.11 Å². The molecule has 0 radical (unpaired) electrons. The van der Waals surface area contributed by atoms with E-state index in [1.165, 1.54) is 12.1 Å². The van der Waals surface area contributed by atoms with Gasteiger partial charge in [0.2, 0.25) is 0 Å². The lowest BCUT2D eigenvalue weighted by molar-refractivity contribution is 0.233. The van der Waals surface area contributed by atoms with Crippen molar-refractivity contribution < 1.29 is 13.9 Å². The number of nitrogens with one attached hydrogen (secondary N) is 1. The molecule has 0 aliphatic carbocycles. The average Bonchev–Trinajstić information content (AvgIpc) is 2.28. The Morgan fingerprint density at radius 2 is 2.12 bits per heavy atom. The Hall–Kier alpha value is -0.520. The molecule has 0 aromatic heterocycles. The van der Waals surface area contributed by atoms with Crippen LogP contribution in [-0.4, -0.2) is 18.3 Å². The number of hydrogen-bond acceptors (Lipinski definition) is 2. The summed E-state index contributed by atoms with van der Waals surface area (Å²) in [4.78, 5) is 0. The van der Waals surface area contributed by atoms with E-state index in [1.807, 2.05) is 6.92 Å². The maximum absolute atomic E-state index is 13.5. The maximum atomic E-state index is 13.5. The summed E-state index contributed by atoms with van der Waals surface area (Å²) in [5.74, 6) is -1.08. The zero-order chi connectivity index (χ0) is 12.1. The zero-order valence-corrected chi connectivity index (χ0v) is 10.5. The standard InChI is InChI=1S/C11H14BrF2NO/c1-7(6-16)4-15-5-8-10(13)3-2-9(12)11(8)14/h2-3,7,15-16H,4-6H2,1H3. The first-order chi connectivity index (χ1) is 7.56. The third kappa shape index (κ3) is 3.50. The molecule has 1 aromatic carbocycles. The first-order valence-corrected chi connectivity index (χ1v) is 5.79. The lowest BCUT2D eigenvalue weighted by Crippen LogP contribution is -2.23. The number of rotatable bonds is 5. The molecule has 1 unspecified atom stereocenters. The third-order valence-corrected chi connectivity index (χ3v) is 2.86. The normalized spacial score (nSPS) is 12.8. The third-order valence-electron chi connectivity index (χ3n) is 2.25. The van der Waals surface area contributed by atoms with Crippen molar-refractivity contribution >= 4 is 15.9 Å². The van der Waals surface area contributed by atoms with E-state index >= 15 is 0 Å². The lowest BCUT2D eigenvalue weighted by atomic mass is 10.1. The van der Waals surface area contributed by atoms with Crippen LogP contribution >= 0.6 is 15.9 Å². The highest BCUT2D eigenvalue weighted by Crippen LogP contribution is 2.21. The molecule has 16 heavy (non-hydrogen) atoms. The van der Waals surface area contributed by atoms with Gasteiger partial charge in [0.05, 0.1) is 4.47 Å². The molecule has 0 fully saturated rings. The van der Waals surface area contributed by atoms with Crippen molar-refractivity contribution in [3.05, 3.63) is 33.8 Å². The summed E-state index contributed by atoms with van der Waals surface area (Å²) >= 11 is 3.01. The van der Waals surface area contributed by atoms with Gasteiger partial charge in [-0.1, -0.05) is 6.92 Å². The van der Waals surface area contributed by atoms with Crippen LogP contribution in [0.15, 0.2) is 16.6 Å². The van der Waals surface area contributed by atoms with Crippen molar-refractivity contribution in [3.63, 3.8) is 0 Å². The molecule has 0 amide bonds. The fourth-order valence-corrected chi connectivity index (χ4v) is 1.61. The molecule has 0 saturated heterocycles. The Balaban J connectivity index is 2.63. The van der Waals surface area contributed by atoms with Crippen LogP contribution in [0.3, 0.4) is 0 Å². The molecule has 0 aliphatic heterocycles. The molecule has 0 saturated carbocycles. The summed E-state index contributed by atoms with van der Waals surface area (Å²) in [6.45, 7) is 2.53. The highest BCUT2D eigenvalue weighted by molar-refractivity contribution is 9.10. The Bertz CT molecular complexity index is 360. The second kappa shape index (κ2) is 6.27. The Kier molecular flexibility index (Phi) is 5.31. The van der Waals surface area contributed by atoms with Crippen LogP contribution in [0.1, 0.15) is 12.5 Å². The van der Waals surface area contributed by atoms with Crippen LogP contribution in [-0.2, 0) is 6.54 Å². The second-order valence-electron chi connectivity index (χ2n) is 3.74. The SMILES string of the molecule is CC(CO)CNCc1c(F)ccc(Br)c1F. The highest BCUT2D eigenvalue weighted by atomic mass is 79.9. The predicted molar refractivity (Wildman–Crippen MR) is 62.0 cm³/mol. The molecule has 0 aliphatic rings. The zero-order valence-electron chi connectivity index (χ0n) is 8.93. The summed E-state index contributed by atoms with van der Waals surface area (Å²) in [6, 6.07) is 2.56. The van der Waals surface area contributed by atoms with Gasteiger partial charge in [0, 0.05) is 25.3 Å². The fourth-order valence-electron chi connectivity index (χ4n) is 1.24. The van der Waals surface area contributed by atoms with Crippen molar-refractivity contribution in [1.82, 2.24) is 5.32 Å². The van der Waals surface area contributed by atoms with Crippen molar-refractivity contribution in [2.45, 2.75) is 13.5 Å². The van der Waals surface area contributed by atoms with Crippen LogP contribution in [0.5, 0.6) is 0 Å². The van der Waals surface area contributed by atoms with Gasteiger partial charge in [0.1, 0.15) is 11.6 Å². The van der Waals surface area contributed by atoms with Gasteiger partial charge >= 0.3 is 0 Å². The smallest absolute Gasteiger partial charge is 0.144 e. The van der Waals surface area contributed by atoms with Crippen molar-refractivity contribution in [2.24, 2.45) is 5.92 Å². The Labute approximate surface area is 102 Å². The number of halogens is 3. The number of hydrogen-bond donors (Lipinski definition) is 2. The Morgan fingerprint density at radius 1 is 1.44 bits per heavy atom. The summed E-state index contributed by atoms with van der Waals surface area (Å²) in [5.41, 5.74) is 0.0134. The van der Waals surface area contributed by atoms with Gasteiger partial charge in [0.25, 0.3) is 0 Å². The molecular weight excluding hydrogens is 280 g/mol. The van der Waals surface area contributed by atoms with Crippen LogP contribution in [0.2, 0.25) is 0 Å². The number of aliphatic hydroxyl groups excluding tert-OH is 1. The molecule has 0 heterocycles.